The van der Waals surface area contributed by atoms with Crippen molar-refractivity contribution in [3.63, 3.8) is 0 Å². The van der Waals surface area contributed by atoms with Gasteiger partial charge in [0.05, 0.1) is 0 Å². The van der Waals surface area contributed by atoms with E-state index < -0.39 is 5.41 Å². The Kier molecular flexibility index (Phi) is 5.77. The number of aromatic nitrogens is 2. The number of Topliss-reactive ketones (excluding diaryl/α,β-unsaturated/α-hetero) is 1. The number of benzene rings is 2. The third kappa shape index (κ3) is 3.69. The van der Waals surface area contributed by atoms with Crippen LogP contribution in [0.25, 0.3) is 0 Å². The lowest BCUT2D eigenvalue weighted by molar-refractivity contribution is -0.689. The van der Waals surface area contributed by atoms with E-state index in [0.717, 1.165) is 36.2 Å². The Morgan fingerprint density at radius 2 is 1.61 bits per heavy atom. The second kappa shape index (κ2) is 8.50. The Morgan fingerprint density at radius 3 is 2.13 bits per heavy atom. The average Bonchev–Trinajstić information content (AvgIpc) is 3.37. The highest BCUT2D eigenvalue weighted by atomic mass is 16.1. The second-order valence-electron chi connectivity index (χ2n) is 8.65. The monoisotopic (exact) mass is 416 g/mol. The van der Waals surface area contributed by atoms with Gasteiger partial charge in [0.1, 0.15) is 30.4 Å². The van der Waals surface area contributed by atoms with Crippen molar-refractivity contribution < 1.29 is 14.2 Å². The predicted octanol–water partition coefficient (Wildman–Crippen LogP) is 3.49. The number of carbonyl (C=O) groups is 2. The van der Waals surface area contributed by atoms with Gasteiger partial charge in [-0.2, -0.15) is 0 Å². The van der Waals surface area contributed by atoms with Gasteiger partial charge >= 0.3 is 0 Å². The molecule has 0 saturated heterocycles. The van der Waals surface area contributed by atoms with Crippen LogP contribution < -0.4 is 10.3 Å². The number of ketones is 1. The zero-order valence-corrected chi connectivity index (χ0v) is 18.2. The van der Waals surface area contributed by atoms with Gasteiger partial charge in [0, 0.05) is 6.92 Å². The van der Waals surface area contributed by atoms with Crippen LogP contribution in [-0.4, -0.2) is 16.3 Å². The maximum Gasteiger partial charge on any atom is 0.253 e. The number of hydrogen-bond acceptors (Lipinski definition) is 2. The molecule has 2 aromatic carbocycles. The van der Waals surface area contributed by atoms with Gasteiger partial charge in [-0.25, -0.2) is 9.13 Å². The molecule has 0 bridgehead atoms. The number of primary amides is 1. The van der Waals surface area contributed by atoms with E-state index in [4.69, 9.17) is 5.73 Å². The van der Waals surface area contributed by atoms with E-state index in [2.05, 4.69) is 10.8 Å². The molecular formula is C26H30N3O2+. The Labute approximate surface area is 183 Å². The standard InChI is InChI=1S/C26H29N3O2/c1-19(30)18-28-15-16-29(20(28)2)24-14-13-23(17-24)26(25(27)31,21-9-5-3-6-10-21)22-11-7-4-8-12-22/h3-12,15-16,23-24H,13-14,17-18H2,1-2H3,(H-,27,31)/p+1/t23-,24+/m0/s1. The van der Waals surface area contributed by atoms with E-state index in [1.807, 2.05) is 78.4 Å². The normalized spacial score (nSPS) is 18.8. The zero-order valence-electron chi connectivity index (χ0n) is 18.2. The second-order valence-corrected chi connectivity index (χ2v) is 8.65. The molecular weight excluding hydrogens is 386 g/mol. The van der Waals surface area contributed by atoms with Gasteiger partial charge < -0.3 is 5.73 Å². The molecule has 5 nitrogen and oxygen atoms in total. The Morgan fingerprint density at radius 1 is 1.03 bits per heavy atom. The summed E-state index contributed by atoms with van der Waals surface area (Å²) in [4.78, 5) is 24.8. The lowest BCUT2D eigenvalue weighted by Crippen LogP contribution is -2.47. The highest BCUT2D eigenvalue weighted by Crippen LogP contribution is 2.49. The molecule has 3 aromatic rings. The van der Waals surface area contributed by atoms with Crippen molar-refractivity contribution in [2.75, 3.05) is 0 Å². The molecule has 2 atom stereocenters. The Balaban J connectivity index is 1.74. The van der Waals surface area contributed by atoms with Crippen molar-refractivity contribution in [2.45, 2.75) is 51.1 Å². The summed E-state index contributed by atoms with van der Waals surface area (Å²) in [5, 5.41) is 0. The topological polar surface area (TPSA) is 69.0 Å². The first-order valence-corrected chi connectivity index (χ1v) is 10.9. The first kappa shape index (κ1) is 21.0. The molecule has 1 heterocycles. The third-order valence-electron chi connectivity index (χ3n) is 6.85. The molecule has 0 spiro atoms. The minimum atomic E-state index is -0.867. The predicted molar refractivity (Wildman–Crippen MR) is 119 cm³/mol. The molecule has 2 N–H and O–H groups in total. The fourth-order valence-corrected chi connectivity index (χ4v) is 5.44. The van der Waals surface area contributed by atoms with Crippen molar-refractivity contribution in [2.24, 2.45) is 11.7 Å². The van der Waals surface area contributed by atoms with E-state index >= 15 is 0 Å². The Hall–Kier alpha value is -3.21. The molecule has 1 fully saturated rings. The summed E-state index contributed by atoms with van der Waals surface area (Å²) in [6.45, 7) is 4.04. The summed E-state index contributed by atoms with van der Waals surface area (Å²) in [5.74, 6) is 0.982. The van der Waals surface area contributed by atoms with Gasteiger partial charge in [0.2, 0.25) is 5.91 Å². The molecule has 160 valence electrons. The fourth-order valence-electron chi connectivity index (χ4n) is 5.44. The highest BCUT2D eigenvalue weighted by Gasteiger charge is 2.51. The number of amides is 1. The summed E-state index contributed by atoms with van der Waals surface area (Å²) in [5.41, 5.74) is 7.24. The first-order valence-electron chi connectivity index (χ1n) is 10.9. The van der Waals surface area contributed by atoms with Crippen LogP contribution in [0.4, 0.5) is 0 Å². The number of nitrogens with zero attached hydrogens (tertiary/aromatic N) is 2. The molecule has 1 amide bonds. The first-order chi connectivity index (χ1) is 14.9. The summed E-state index contributed by atoms with van der Waals surface area (Å²) >= 11 is 0. The fraction of sp³-hybridized carbons (Fsp3) is 0.346. The van der Waals surface area contributed by atoms with Crippen molar-refractivity contribution in [1.29, 1.82) is 0 Å². The molecule has 1 aliphatic carbocycles. The molecule has 0 unspecified atom stereocenters. The lowest BCUT2D eigenvalue weighted by atomic mass is 9.64. The number of nitrogens with two attached hydrogens (primary N) is 1. The van der Waals surface area contributed by atoms with Crippen molar-refractivity contribution in [3.8, 4) is 0 Å². The quantitative estimate of drug-likeness (QED) is 0.599. The van der Waals surface area contributed by atoms with Crippen molar-refractivity contribution in [3.05, 3.63) is 90.0 Å². The van der Waals surface area contributed by atoms with Crippen LogP contribution in [-0.2, 0) is 21.5 Å². The molecule has 5 heteroatoms. The van der Waals surface area contributed by atoms with Crippen molar-refractivity contribution >= 4 is 11.7 Å². The molecule has 1 aliphatic rings. The number of carbonyl (C=O) groups excluding carboxylic acids is 2. The SMILES string of the molecule is CC(=O)C[n+]1ccn([C@@H]2CC[C@H](C(C(N)=O)(c3ccccc3)c3ccccc3)C2)c1C. The third-order valence-corrected chi connectivity index (χ3v) is 6.85. The lowest BCUT2D eigenvalue weighted by Gasteiger charge is -2.37. The van der Waals surface area contributed by atoms with Gasteiger partial charge in [-0.15, -0.1) is 0 Å². The summed E-state index contributed by atoms with van der Waals surface area (Å²) in [7, 11) is 0. The van der Waals surface area contributed by atoms with Crippen LogP contribution in [0.1, 0.15) is 49.2 Å². The summed E-state index contributed by atoms with van der Waals surface area (Å²) in [6, 6.07) is 20.2. The van der Waals surface area contributed by atoms with E-state index in [1.54, 1.807) is 6.92 Å². The van der Waals surface area contributed by atoms with E-state index in [-0.39, 0.29) is 23.7 Å². The number of hydrogen-bond donors (Lipinski definition) is 1. The Bertz CT molecular complexity index is 1030. The van der Waals surface area contributed by atoms with E-state index in [9.17, 15) is 9.59 Å². The van der Waals surface area contributed by atoms with Gasteiger partial charge in [0.15, 0.2) is 5.78 Å². The smallest absolute Gasteiger partial charge is 0.253 e. The van der Waals surface area contributed by atoms with Crippen molar-refractivity contribution in [1.82, 2.24) is 4.57 Å². The van der Waals surface area contributed by atoms with E-state index in [0.29, 0.717) is 6.54 Å². The molecule has 4 rings (SSSR count). The van der Waals surface area contributed by atoms with Crippen LogP contribution in [0.5, 0.6) is 0 Å². The minimum absolute atomic E-state index is 0.0860. The number of rotatable bonds is 7. The van der Waals surface area contributed by atoms with Gasteiger partial charge in [0.25, 0.3) is 5.82 Å². The van der Waals surface area contributed by atoms with E-state index in [1.165, 1.54) is 0 Å². The van der Waals surface area contributed by atoms with Crippen LogP contribution in [0.15, 0.2) is 73.1 Å². The molecule has 1 saturated carbocycles. The molecule has 31 heavy (non-hydrogen) atoms. The van der Waals surface area contributed by atoms with Crippen LogP contribution in [0, 0.1) is 12.8 Å². The van der Waals surface area contributed by atoms with Gasteiger partial charge in [-0.3, -0.25) is 9.59 Å². The van der Waals surface area contributed by atoms with Gasteiger partial charge in [-0.05, 0) is 43.2 Å². The largest absolute Gasteiger partial charge is 0.369 e. The highest BCUT2D eigenvalue weighted by molar-refractivity contribution is 5.91. The average molecular weight is 417 g/mol. The zero-order chi connectivity index (χ0) is 22.0. The van der Waals surface area contributed by atoms with Gasteiger partial charge in [-0.1, -0.05) is 60.7 Å². The molecule has 0 aliphatic heterocycles. The maximum atomic E-state index is 13.2. The molecule has 0 radical (unpaired) electrons. The van der Waals surface area contributed by atoms with Crippen LogP contribution >= 0.6 is 0 Å². The maximum absolute atomic E-state index is 13.2. The molecule has 1 aromatic heterocycles. The minimum Gasteiger partial charge on any atom is -0.369 e. The number of imidazole rings is 1. The summed E-state index contributed by atoms with van der Waals surface area (Å²) < 4.78 is 4.25. The van der Waals surface area contributed by atoms with Crippen LogP contribution in [0.3, 0.4) is 0 Å². The van der Waals surface area contributed by atoms with Crippen LogP contribution in [0.2, 0.25) is 0 Å². The summed E-state index contributed by atoms with van der Waals surface area (Å²) in [6.07, 6.45) is 6.75.